The number of hydrogen-bond acceptors (Lipinski definition) is 5. The molecule has 0 saturated carbocycles. The number of halogens is 1. The van der Waals surface area contributed by atoms with Crippen LogP contribution < -0.4 is 15.0 Å². The number of nitrogens with one attached hydrogen (secondary N) is 1. The van der Waals surface area contributed by atoms with Gasteiger partial charge in [0.1, 0.15) is 17.4 Å². The predicted octanol–water partition coefficient (Wildman–Crippen LogP) is 5.35. The lowest BCUT2D eigenvalue weighted by atomic mass is 10.1. The van der Waals surface area contributed by atoms with Crippen molar-refractivity contribution in [2.24, 2.45) is 5.92 Å². The molecule has 0 aliphatic carbocycles. The van der Waals surface area contributed by atoms with Gasteiger partial charge in [-0.2, -0.15) is 0 Å². The maximum absolute atomic E-state index is 12.6. The summed E-state index contributed by atoms with van der Waals surface area (Å²) in [6.07, 6.45) is 1.07. The first kappa shape index (κ1) is 22.8. The average molecular weight is 441 g/mol. The van der Waals surface area contributed by atoms with E-state index in [2.05, 4.69) is 29.0 Å². The van der Waals surface area contributed by atoms with E-state index in [4.69, 9.17) is 21.3 Å². The monoisotopic (exact) mass is 440 g/mol. The van der Waals surface area contributed by atoms with Crippen LogP contribution in [-0.2, 0) is 11.2 Å². The van der Waals surface area contributed by atoms with Crippen LogP contribution in [0.15, 0.2) is 42.5 Å². The first-order valence-corrected chi connectivity index (χ1v) is 10.9. The molecule has 7 heteroatoms. The second-order valence-electron chi connectivity index (χ2n) is 7.85. The molecule has 1 amide bonds. The van der Waals surface area contributed by atoms with E-state index in [9.17, 15) is 4.79 Å². The molecule has 0 fully saturated rings. The molecule has 1 heterocycles. The highest BCUT2D eigenvalue weighted by Crippen LogP contribution is 2.27. The molecule has 3 aromatic rings. The number of carbonyl (C=O) groups excluding carboxylic acids is 1. The van der Waals surface area contributed by atoms with Gasteiger partial charge in [0.05, 0.1) is 12.6 Å². The second-order valence-corrected chi connectivity index (χ2v) is 8.28. The lowest BCUT2D eigenvalue weighted by Gasteiger charge is -2.27. The van der Waals surface area contributed by atoms with Crippen LogP contribution in [0.2, 0.25) is 5.02 Å². The Kier molecular flexibility index (Phi) is 7.69. The Morgan fingerprint density at radius 2 is 1.90 bits per heavy atom. The zero-order valence-corrected chi connectivity index (χ0v) is 19.2. The molecule has 1 N–H and O–H groups in total. The Bertz CT molecular complexity index is 1040. The van der Waals surface area contributed by atoms with E-state index in [-0.39, 0.29) is 5.91 Å². The molecule has 3 rings (SSSR count). The van der Waals surface area contributed by atoms with Gasteiger partial charge in [-0.1, -0.05) is 32.4 Å². The maximum Gasteiger partial charge on any atom is 0.226 e. The molecule has 0 aliphatic rings. The van der Waals surface area contributed by atoms with Gasteiger partial charge in [0.15, 0.2) is 0 Å². The van der Waals surface area contributed by atoms with Gasteiger partial charge in [-0.3, -0.25) is 4.79 Å². The summed E-state index contributed by atoms with van der Waals surface area (Å²) in [5.74, 6) is 2.73. The van der Waals surface area contributed by atoms with Gasteiger partial charge in [0, 0.05) is 42.0 Å². The largest absolute Gasteiger partial charge is 0.497 e. The number of carbonyl (C=O) groups is 1. The fourth-order valence-electron chi connectivity index (χ4n) is 3.39. The number of rotatable bonds is 9. The van der Waals surface area contributed by atoms with E-state index < -0.39 is 0 Å². The Hall–Kier alpha value is -2.86. The number of aromatic nitrogens is 2. The smallest absolute Gasteiger partial charge is 0.226 e. The molecule has 0 saturated heterocycles. The third kappa shape index (κ3) is 6.07. The van der Waals surface area contributed by atoms with Crippen molar-refractivity contribution in [2.75, 3.05) is 30.4 Å². The summed E-state index contributed by atoms with van der Waals surface area (Å²) < 4.78 is 5.16. The average Bonchev–Trinajstić information content (AvgIpc) is 2.75. The molecular weight excluding hydrogens is 412 g/mol. The van der Waals surface area contributed by atoms with Crippen molar-refractivity contribution in [3.05, 3.63) is 53.3 Å². The summed E-state index contributed by atoms with van der Waals surface area (Å²) in [4.78, 5) is 24.2. The first-order chi connectivity index (χ1) is 14.9. The number of hydrogen-bond donors (Lipinski definition) is 1. The molecular formula is C24H29ClN4O2. The van der Waals surface area contributed by atoms with Crippen LogP contribution in [0.4, 0.5) is 11.5 Å². The molecule has 164 valence electrons. The molecule has 31 heavy (non-hydrogen) atoms. The van der Waals surface area contributed by atoms with Crippen LogP contribution in [0.5, 0.6) is 5.75 Å². The summed E-state index contributed by atoms with van der Waals surface area (Å²) in [6.45, 7) is 7.69. The van der Waals surface area contributed by atoms with Gasteiger partial charge in [-0.25, -0.2) is 9.97 Å². The minimum atomic E-state index is -0.0453. The summed E-state index contributed by atoms with van der Waals surface area (Å²) in [6, 6.07) is 13.0. The zero-order chi connectivity index (χ0) is 22.4. The summed E-state index contributed by atoms with van der Waals surface area (Å²) in [5, 5.41) is 4.54. The Morgan fingerprint density at radius 3 is 2.55 bits per heavy atom. The number of amides is 1. The maximum atomic E-state index is 12.6. The molecule has 2 aromatic carbocycles. The van der Waals surface area contributed by atoms with Crippen LogP contribution in [-0.4, -0.2) is 36.1 Å². The Morgan fingerprint density at radius 1 is 1.16 bits per heavy atom. The van der Waals surface area contributed by atoms with Crippen molar-refractivity contribution >= 4 is 39.9 Å². The number of aryl methyl sites for hydroxylation is 1. The minimum Gasteiger partial charge on any atom is -0.497 e. The van der Waals surface area contributed by atoms with Crippen LogP contribution in [0.25, 0.3) is 10.9 Å². The van der Waals surface area contributed by atoms with Gasteiger partial charge in [-0.15, -0.1) is 0 Å². The van der Waals surface area contributed by atoms with Gasteiger partial charge >= 0.3 is 0 Å². The molecule has 0 unspecified atom stereocenters. The van der Waals surface area contributed by atoms with E-state index in [1.807, 2.05) is 49.4 Å². The molecule has 0 radical (unpaired) electrons. The highest BCUT2D eigenvalue weighted by Gasteiger charge is 2.17. The minimum absolute atomic E-state index is 0.0453. The van der Waals surface area contributed by atoms with Crippen molar-refractivity contribution in [1.29, 1.82) is 0 Å². The lowest BCUT2D eigenvalue weighted by Crippen LogP contribution is -2.32. The third-order valence-electron chi connectivity index (χ3n) is 4.87. The molecule has 1 aromatic heterocycles. The predicted molar refractivity (Wildman–Crippen MR) is 127 cm³/mol. The molecule has 0 atom stereocenters. The highest BCUT2D eigenvalue weighted by molar-refractivity contribution is 6.31. The third-order valence-corrected chi connectivity index (χ3v) is 5.10. The first-order valence-electron chi connectivity index (χ1n) is 10.5. The van der Waals surface area contributed by atoms with E-state index in [1.165, 1.54) is 0 Å². The van der Waals surface area contributed by atoms with E-state index in [0.717, 1.165) is 46.9 Å². The van der Waals surface area contributed by atoms with Crippen LogP contribution in [0.1, 0.15) is 33.0 Å². The van der Waals surface area contributed by atoms with E-state index in [0.29, 0.717) is 23.9 Å². The Balaban J connectivity index is 1.81. The molecule has 0 spiro atoms. The van der Waals surface area contributed by atoms with Crippen molar-refractivity contribution in [3.8, 4) is 5.75 Å². The van der Waals surface area contributed by atoms with Crippen LogP contribution >= 0.6 is 11.6 Å². The normalized spacial score (nSPS) is 11.0. The van der Waals surface area contributed by atoms with Crippen LogP contribution in [0, 0.1) is 5.92 Å². The molecule has 0 aliphatic heterocycles. The van der Waals surface area contributed by atoms with Gasteiger partial charge in [-0.05, 0) is 48.4 Å². The summed E-state index contributed by atoms with van der Waals surface area (Å²) >= 11 is 6.19. The summed E-state index contributed by atoms with van der Waals surface area (Å²) in [5.41, 5.74) is 1.57. The van der Waals surface area contributed by atoms with Crippen molar-refractivity contribution in [3.63, 3.8) is 0 Å². The van der Waals surface area contributed by atoms with E-state index in [1.54, 1.807) is 7.11 Å². The number of anilines is 2. The van der Waals surface area contributed by atoms with Crippen LogP contribution in [0.3, 0.4) is 0 Å². The quantitative estimate of drug-likeness (QED) is 0.486. The molecule has 0 bridgehead atoms. The van der Waals surface area contributed by atoms with Gasteiger partial charge in [0.25, 0.3) is 0 Å². The number of benzene rings is 2. The number of nitrogens with zero attached hydrogens (tertiary/aromatic N) is 3. The number of ether oxygens (including phenoxy) is 1. The fourth-order valence-corrected chi connectivity index (χ4v) is 3.56. The van der Waals surface area contributed by atoms with Gasteiger partial charge in [0.2, 0.25) is 5.91 Å². The highest BCUT2D eigenvalue weighted by atomic mass is 35.5. The van der Waals surface area contributed by atoms with Crippen molar-refractivity contribution in [2.45, 2.75) is 33.6 Å². The molecule has 6 nitrogen and oxygen atoms in total. The zero-order valence-electron chi connectivity index (χ0n) is 18.5. The van der Waals surface area contributed by atoms with Crippen molar-refractivity contribution in [1.82, 2.24) is 9.97 Å². The van der Waals surface area contributed by atoms with E-state index >= 15 is 0 Å². The fraction of sp³-hybridized carbons (Fsp3) is 0.375. The number of methoxy groups -OCH3 is 1. The second kappa shape index (κ2) is 10.4. The Labute approximate surface area is 188 Å². The SMILES string of the molecule is CCc1nc(N(CCC(=O)Nc2ccc(OC)cc2)CC(C)C)c2ccc(Cl)cc2n1. The summed E-state index contributed by atoms with van der Waals surface area (Å²) in [7, 11) is 1.62. The van der Waals surface area contributed by atoms with Gasteiger partial charge < -0.3 is 15.0 Å². The standard InChI is InChI=1S/C24H29ClN4O2/c1-5-22-27-21-14-17(25)6-11-20(21)24(28-22)29(15-16(2)3)13-12-23(30)26-18-7-9-19(31-4)10-8-18/h6-11,14,16H,5,12-13,15H2,1-4H3,(H,26,30). The van der Waals surface area contributed by atoms with Crippen molar-refractivity contribution < 1.29 is 9.53 Å². The topological polar surface area (TPSA) is 67.4 Å². The number of fused-ring (bicyclic) bond motifs is 1. The lowest BCUT2D eigenvalue weighted by molar-refractivity contribution is -0.116.